The van der Waals surface area contributed by atoms with Crippen LogP contribution < -0.4 is 21.3 Å². The molecule has 0 bridgehead atoms. The zero-order valence-corrected chi connectivity index (χ0v) is 24.3. The third-order valence-electron chi connectivity index (χ3n) is 5.97. The van der Waals surface area contributed by atoms with Crippen LogP contribution >= 0.6 is 22.9 Å². The molecule has 13 heteroatoms. The van der Waals surface area contributed by atoms with Gasteiger partial charge in [0.1, 0.15) is 11.4 Å². The molecule has 2 aromatic rings. The lowest BCUT2D eigenvalue weighted by molar-refractivity contribution is -0.159. The molecule has 11 nitrogen and oxygen atoms in total. The number of rotatable bonds is 9. The van der Waals surface area contributed by atoms with E-state index in [9.17, 15) is 19.2 Å². The molecule has 0 saturated carbocycles. The van der Waals surface area contributed by atoms with Crippen molar-refractivity contribution in [1.82, 2.24) is 25.9 Å². The molecule has 3 rings (SSSR count). The zero-order chi connectivity index (χ0) is 28.7. The number of hydrogen-bond donors (Lipinski definition) is 4. The maximum Gasteiger partial charge on any atom is 0.314 e. The predicted octanol–water partition coefficient (Wildman–Crippen LogP) is 2.84. The number of pyridine rings is 1. The molecule has 2 aromatic heterocycles. The molecule has 3 atom stereocenters. The minimum Gasteiger partial charge on any atom is -0.460 e. The van der Waals surface area contributed by atoms with Gasteiger partial charge in [-0.3, -0.25) is 19.2 Å². The summed E-state index contributed by atoms with van der Waals surface area (Å²) in [6.07, 6.45) is 2.77. The Labute approximate surface area is 236 Å². The lowest BCUT2D eigenvalue weighted by Crippen LogP contribution is -2.52. The normalized spacial score (nSPS) is 15.3. The first kappa shape index (κ1) is 30.5. The number of nitrogens with one attached hydrogen (secondary N) is 4. The number of aromatic nitrogens is 2. The summed E-state index contributed by atoms with van der Waals surface area (Å²) >= 11 is 7.15. The molecule has 3 heterocycles. The van der Waals surface area contributed by atoms with Gasteiger partial charge < -0.3 is 26.0 Å². The first-order chi connectivity index (χ1) is 18.3. The van der Waals surface area contributed by atoms with Crippen LogP contribution in [-0.2, 0) is 32.1 Å². The fraction of sp³-hybridized carbons (Fsp3) is 0.538. The molecule has 0 aromatic carbocycles. The Morgan fingerprint density at radius 3 is 2.51 bits per heavy atom. The summed E-state index contributed by atoms with van der Waals surface area (Å²) in [6, 6.07) is 1.77. The molecule has 39 heavy (non-hydrogen) atoms. The highest BCUT2D eigenvalue weighted by atomic mass is 35.5. The molecule has 1 aliphatic rings. The minimum atomic E-state index is -0.923. The minimum absolute atomic E-state index is 0.165. The summed E-state index contributed by atoms with van der Waals surface area (Å²) in [5, 5.41) is 12.0. The van der Waals surface area contributed by atoms with E-state index in [0.29, 0.717) is 29.4 Å². The number of ether oxygens (including phenoxy) is 1. The molecule has 0 radical (unpaired) electrons. The number of esters is 1. The van der Waals surface area contributed by atoms with Crippen LogP contribution in [0.25, 0.3) is 0 Å². The van der Waals surface area contributed by atoms with E-state index in [-0.39, 0.29) is 17.7 Å². The standard InChI is InChI=1S/C26H35ClN6O5S/c1-14(25(37)38-26(3,4)5)6-8-17(31-21(34)22(35)33-20-9-7-16(27)12-29-20)15(2)30-23(36)24-32-18-10-11-28-13-19(18)39-24/h7,9,12,14-15,17,28H,6,8,10-11,13H2,1-5H3,(H,30,36)(H,31,34)(H,29,33,35)/t14-,15-,17+/m1/s1. The number of carbonyl (C=O) groups excluding carboxylic acids is 4. The first-order valence-electron chi connectivity index (χ1n) is 12.8. The Morgan fingerprint density at radius 2 is 1.87 bits per heavy atom. The summed E-state index contributed by atoms with van der Waals surface area (Å²) < 4.78 is 5.46. The van der Waals surface area contributed by atoms with Crippen LogP contribution in [0.2, 0.25) is 5.02 Å². The van der Waals surface area contributed by atoms with E-state index in [1.807, 2.05) is 0 Å². The molecule has 0 fully saturated rings. The predicted molar refractivity (Wildman–Crippen MR) is 149 cm³/mol. The van der Waals surface area contributed by atoms with Crippen molar-refractivity contribution in [1.29, 1.82) is 0 Å². The largest absolute Gasteiger partial charge is 0.460 e. The number of thiazole rings is 1. The smallest absolute Gasteiger partial charge is 0.314 e. The number of anilines is 1. The Morgan fingerprint density at radius 1 is 1.13 bits per heavy atom. The maximum atomic E-state index is 13.0. The Hall–Kier alpha value is -3.09. The summed E-state index contributed by atoms with van der Waals surface area (Å²) in [4.78, 5) is 60.3. The number of amides is 3. The Bertz CT molecular complexity index is 1170. The molecule has 212 valence electrons. The molecule has 1 aliphatic heterocycles. The molecule has 0 aliphatic carbocycles. The van der Waals surface area contributed by atoms with Crippen LogP contribution in [-0.4, -0.2) is 57.9 Å². The van der Waals surface area contributed by atoms with Crippen molar-refractivity contribution in [3.05, 3.63) is 38.9 Å². The quantitative estimate of drug-likeness (QED) is 0.262. The van der Waals surface area contributed by atoms with Crippen LogP contribution in [0.5, 0.6) is 0 Å². The molecule has 0 spiro atoms. The van der Waals surface area contributed by atoms with E-state index in [1.54, 1.807) is 34.6 Å². The third-order valence-corrected chi connectivity index (χ3v) is 7.29. The number of halogens is 1. The lowest BCUT2D eigenvalue weighted by atomic mass is 9.97. The monoisotopic (exact) mass is 578 g/mol. The van der Waals surface area contributed by atoms with Crippen molar-refractivity contribution in [3.63, 3.8) is 0 Å². The van der Waals surface area contributed by atoms with E-state index in [1.165, 1.54) is 29.7 Å². The third kappa shape index (κ3) is 9.26. The van der Waals surface area contributed by atoms with E-state index in [2.05, 4.69) is 31.2 Å². The van der Waals surface area contributed by atoms with Gasteiger partial charge in [-0.05, 0) is 52.7 Å². The van der Waals surface area contributed by atoms with Crippen molar-refractivity contribution < 1.29 is 23.9 Å². The highest BCUT2D eigenvalue weighted by Crippen LogP contribution is 2.22. The SMILES string of the molecule is C[C@H](CC[C@H](NC(=O)C(=O)Nc1ccc(Cl)cn1)[C@@H](C)NC(=O)c1nc2c(s1)CNCC2)C(=O)OC(C)(C)C. The molecule has 4 N–H and O–H groups in total. The maximum absolute atomic E-state index is 13.0. The van der Waals surface area contributed by atoms with Crippen molar-refractivity contribution in [2.45, 2.75) is 78.1 Å². The van der Waals surface area contributed by atoms with Crippen molar-refractivity contribution in [2.24, 2.45) is 5.92 Å². The topological polar surface area (TPSA) is 151 Å². The second-order valence-corrected chi connectivity index (χ2v) is 12.0. The summed E-state index contributed by atoms with van der Waals surface area (Å²) in [5.74, 6) is -2.85. The van der Waals surface area contributed by atoms with Gasteiger partial charge in [0.15, 0.2) is 5.01 Å². The van der Waals surface area contributed by atoms with E-state index >= 15 is 0 Å². The van der Waals surface area contributed by atoms with Crippen LogP contribution in [0.15, 0.2) is 18.3 Å². The number of nitrogens with zero attached hydrogens (tertiary/aromatic N) is 2. The number of fused-ring (bicyclic) bond motifs is 1. The van der Waals surface area contributed by atoms with Crippen LogP contribution in [0.4, 0.5) is 5.82 Å². The van der Waals surface area contributed by atoms with Crippen molar-refractivity contribution in [2.75, 3.05) is 11.9 Å². The van der Waals surface area contributed by atoms with Gasteiger partial charge in [-0.1, -0.05) is 18.5 Å². The van der Waals surface area contributed by atoms with Crippen LogP contribution in [0.1, 0.15) is 67.8 Å². The van der Waals surface area contributed by atoms with E-state index in [0.717, 1.165) is 23.5 Å². The zero-order valence-electron chi connectivity index (χ0n) is 22.7. The van der Waals surface area contributed by atoms with Gasteiger partial charge in [0.25, 0.3) is 5.91 Å². The number of hydrogen-bond acceptors (Lipinski definition) is 9. The molecule has 3 amide bonds. The highest BCUT2D eigenvalue weighted by molar-refractivity contribution is 7.13. The van der Waals surface area contributed by atoms with Gasteiger partial charge in [0.2, 0.25) is 0 Å². The van der Waals surface area contributed by atoms with Crippen LogP contribution in [0, 0.1) is 5.92 Å². The number of carbonyl (C=O) groups is 4. The average molecular weight is 579 g/mol. The van der Waals surface area contributed by atoms with Gasteiger partial charge in [-0.2, -0.15) is 0 Å². The first-order valence-corrected chi connectivity index (χ1v) is 14.0. The molecule has 0 unspecified atom stereocenters. The molecular weight excluding hydrogens is 544 g/mol. The second kappa shape index (κ2) is 13.3. The second-order valence-electron chi connectivity index (χ2n) is 10.5. The van der Waals surface area contributed by atoms with Gasteiger partial charge in [-0.25, -0.2) is 9.97 Å². The summed E-state index contributed by atoms with van der Waals surface area (Å²) in [5.41, 5.74) is 0.288. The van der Waals surface area contributed by atoms with Gasteiger partial charge in [0.05, 0.1) is 16.6 Å². The van der Waals surface area contributed by atoms with Gasteiger partial charge in [0, 0.05) is 42.7 Å². The fourth-order valence-electron chi connectivity index (χ4n) is 3.85. The van der Waals surface area contributed by atoms with Crippen molar-refractivity contribution >= 4 is 52.4 Å². The van der Waals surface area contributed by atoms with E-state index in [4.69, 9.17) is 16.3 Å². The Balaban J connectivity index is 1.68. The van der Waals surface area contributed by atoms with Gasteiger partial charge in [-0.15, -0.1) is 11.3 Å². The Kier molecular flexibility index (Phi) is 10.4. The molecular formula is C26H35ClN6O5S. The molecule has 0 saturated heterocycles. The summed E-state index contributed by atoms with van der Waals surface area (Å²) in [6.45, 7) is 10.3. The summed E-state index contributed by atoms with van der Waals surface area (Å²) in [7, 11) is 0. The van der Waals surface area contributed by atoms with Crippen molar-refractivity contribution in [3.8, 4) is 0 Å². The van der Waals surface area contributed by atoms with Crippen LogP contribution in [0.3, 0.4) is 0 Å². The van der Waals surface area contributed by atoms with E-state index < -0.39 is 35.4 Å². The average Bonchev–Trinajstić information content (AvgIpc) is 3.31. The lowest BCUT2D eigenvalue weighted by Gasteiger charge is -2.27. The van der Waals surface area contributed by atoms with Gasteiger partial charge >= 0.3 is 17.8 Å². The highest BCUT2D eigenvalue weighted by Gasteiger charge is 2.29. The fourth-order valence-corrected chi connectivity index (χ4v) is 4.94.